The Morgan fingerprint density at radius 1 is 0.964 bits per heavy atom. The molecule has 0 saturated carbocycles. The zero-order chi connectivity index (χ0) is 19.5. The van der Waals surface area contributed by atoms with Crippen LogP contribution in [-0.2, 0) is 13.2 Å². The molecule has 0 radical (unpaired) electrons. The van der Waals surface area contributed by atoms with E-state index >= 15 is 0 Å². The zero-order valence-corrected chi connectivity index (χ0v) is 17.5. The molecule has 1 aliphatic heterocycles. The predicted octanol–water partition coefficient (Wildman–Crippen LogP) is 4.53. The molecule has 1 saturated heterocycles. The van der Waals surface area contributed by atoms with Crippen LogP contribution in [0.5, 0.6) is 0 Å². The first kappa shape index (κ1) is 19.2. The van der Waals surface area contributed by atoms with Gasteiger partial charge in [-0.05, 0) is 55.5 Å². The molecule has 2 aromatic carbocycles. The maximum atomic E-state index is 6.03. The first-order valence-corrected chi connectivity index (χ1v) is 10.4. The van der Waals surface area contributed by atoms with Gasteiger partial charge in [0.25, 0.3) is 0 Å². The number of halogens is 1. The van der Waals surface area contributed by atoms with Gasteiger partial charge in [-0.25, -0.2) is 4.68 Å². The first-order valence-electron chi connectivity index (χ1n) is 9.61. The second-order valence-electron chi connectivity index (χ2n) is 6.94. The average molecular weight is 414 g/mol. The second-order valence-corrected chi connectivity index (χ2v) is 7.74. The fourth-order valence-corrected chi connectivity index (χ4v) is 4.05. The van der Waals surface area contributed by atoms with Crippen molar-refractivity contribution in [3.63, 3.8) is 0 Å². The molecule has 0 amide bonds. The van der Waals surface area contributed by atoms with Gasteiger partial charge in [-0.2, -0.15) is 5.10 Å². The van der Waals surface area contributed by atoms with Crippen molar-refractivity contribution in [2.75, 3.05) is 31.1 Å². The van der Waals surface area contributed by atoms with Crippen LogP contribution in [0.2, 0.25) is 5.02 Å². The summed E-state index contributed by atoms with van der Waals surface area (Å²) in [5.74, 6) is 0.895. The van der Waals surface area contributed by atoms with E-state index in [1.165, 1.54) is 5.69 Å². The lowest BCUT2D eigenvalue weighted by Crippen LogP contribution is -2.47. The van der Waals surface area contributed by atoms with E-state index in [9.17, 15) is 0 Å². The van der Waals surface area contributed by atoms with Crippen LogP contribution in [0.15, 0.2) is 54.6 Å². The largest absolute Gasteiger partial charge is 0.369 e. The van der Waals surface area contributed by atoms with Gasteiger partial charge in [0, 0.05) is 49.0 Å². The number of para-hydroxylation sites is 1. The summed E-state index contributed by atoms with van der Waals surface area (Å²) in [6, 6.07) is 18.4. The predicted molar refractivity (Wildman–Crippen MR) is 117 cm³/mol. The van der Waals surface area contributed by atoms with Gasteiger partial charge in [0.2, 0.25) is 0 Å². The molecule has 0 unspecified atom stereocenters. The molecule has 2 heterocycles. The number of benzene rings is 2. The maximum absolute atomic E-state index is 6.03. The Hall–Kier alpha value is -2.15. The molecular weight excluding hydrogens is 390 g/mol. The van der Waals surface area contributed by atoms with Crippen molar-refractivity contribution in [3.05, 3.63) is 64.4 Å². The van der Waals surface area contributed by atoms with Gasteiger partial charge in [-0.15, -0.1) is 0 Å². The molecule has 5 nitrogen and oxygen atoms in total. The highest BCUT2D eigenvalue weighted by atomic mass is 35.5. The summed E-state index contributed by atoms with van der Waals surface area (Å²) in [6.07, 6.45) is 0. The molecule has 1 aliphatic rings. The third-order valence-electron chi connectivity index (χ3n) is 5.17. The summed E-state index contributed by atoms with van der Waals surface area (Å²) in [7, 11) is 0. The van der Waals surface area contributed by atoms with Crippen molar-refractivity contribution >= 4 is 29.5 Å². The van der Waals surface area contributed by atoms with Crippen LogP contribution in [0, 0.1) is 4.77 Å². The molecule has 28 heavy (non-hydrogen) atoms. The molecule has 0 aliphatic carbocycles. The lowest BCUT2D eigenvalue weighted by molar-refractivity contribution is 0.194. The van der Waals surface area contributed by atoms with Crippen molar-refractivity contribution in [1.82, 2.24) is 19.2 Å². The molecule has 7 heteroatoms. The number of hydrogen-bond donors (Lipinski definition) is 0. The van der Waals surface area contributed by atoms with Crippen molar-refractivity contribution in [2.24, 2.45) is 0 Å². The molecule has 0 bridgehead atoms. The normalized spacial score (nSPS) is 15.1. The van der Waals surface area contributed by atoms with Gasteiger partial charge in [-0.3, -0.25) is 4.90 Å². The van der Waals surface area contributed by atoms with Gasteiger partial charge >= 0.3 is 0 Å². The van der Waals surface area contributed by atoms with Crippen LogP contribution >= 0.6 is 23.8 Å². The Morgan fingerprint density at radius 2 is 1.64 bits per heavy atom. The smallest absolute Gasteiger partial charge is 0.199 e. The van der Waals surface area contributed by atoms with E-state index in [1.54, 1.807) is 0 Å². The molecule has 0 N–H and O–H groups in total. The highest BCUT2D eigenvalue weighted by molar-refractivity contribution is 7.71. The molecule has 146 valence electrons. The first-order chi connectivity index (χ1) is 13.7. The summed E-state index contributed by atoms with van der Waals surface area (Å²) >= 11 is 11.7. The summed E-state index contributed by atoms with van der Waals surface area (Å²) in [5, 5.41) is 5.55. The van der Waals surface area contributed by atoms with E-state index in [0.29, 0.717) is 0 Å². The van der Waals surface area contributed by atoms with E-state index in [1.807, 2.05) is 28.9 Å². The molecule has 3 aromatic rings. The van der Waals surface area contributed by atoms with Crippen molar-refractivity contribution < 1.29 is 0 Å². The Balaban J connectivity index is 1.48. The Bertz CT molecular complexity index is 972. The molecule has 4 rings (SSSR count). The number of anilines is 1. The van der Waals surface area contributed by atoms with Gasteiger partial charge in [0.1, 0.15) is 0 Å². The van der Waals surface area contributed by atoms with Crippen LogP contribution in [0.3, 0.4) is 0 Å². The molecule has 1 aromatic heterocycles. The van der Waals surface area contributed by atoms with Crippen LogP contribution in [-0.4, -0.2) is 45.4 Å². The van der Waals surface area contributed by atoms with E-state index in [2.05, 4.69) is 51.6 Å². The minimum atomic E-state index is 0.717. The molecule has 0 atom stereocenters. The van der Waals surface area contributed by atoms with Crippen molar-refractivity contribution in [2.45, 2.75) is 20.1 Å². The van der Waals surface area contributed by atoms with Crippen LogP contribution in [0.4, 0.5) is 5.69 Å². The van der Waals surface area contributed by atoms with Gasteiger partial charge in [0.05, 0.1) is 6.67 Å². The van der Waals surface area contributed by atoms with E-state index < -0.39 is 0 Å². The van der Waals surface area contributed by atoms with Crippen molar-refractivity contribution in [3.8, 4) is 11.4 Å². The van der Waals surface area contributed by atoms with E-state index in [4.69, 9.17) is 28.9 Å². The summed E-state index contributed by atoms with van der Waals surface area (Å²) in [4.78, 5) is 4.84. The fraction of sp³-hybridized carbons (Fsp3) is 0.333. The number of nitrogens with zero attached hydrogens (tertiary/aromatic N) is 5. The summed E-state index contributed by atoms with van der Waals surface area (Å²) in [6.45, 7) is 7.61. The van der Waals surface area contributed by atoms with Crippen LogP contribution in [0.25, 0.3) is 11.4 Å². The second kappa shape index (κ2) is 8.47. The average Bonchev–Trinajstić information content (AvgIpc) is 3.05. The lowest BCUT2D eigenvalue weighted by Gasteiger charge is -2.35. The highest BCUT2D eigenvalue weighted by Gasteiger charge is 2.19. The SMILES string of the molecule is CCn1c(-c2ccc(Cl)cc2)nn(CN2CCN(c3ccccc3)CC2)c1=S. The molecular formula is C21H24ClN5S. The van der Waals surface area contributed by atoms with Gasteiger partial charge < -0.3 is 9.47 Å². The standard InChI is InChI=1S/C21H24ClN5S/c1-2-26-20(17-8-10-18(22)11-9-17)23-27(21(26)28)16-24-12-14-25(15-13-24)19-6-4-3-5-7-19/h3-11H,2,12-16H2,1H3. The van der Waals surface area contributed by atoms with E-state index in [-0.39, 0.29) is 0 Å². The number of hydrogen-bond acceptors (Lipinski definition) is 4. The number of rotatable bonds is 5. The Kier molecular flexibility index (Phi) is 5.80. The van der Waals surface area contributed by atoms with Crippen LogP contribution < -0.4 is 4.90 Å². The van der Waals surface area contributed by atoms with Crippen LogP contribution in [0.1, 0.15) is 6.92 Å². The molecule has 1 fully saturated rings. The summed E-state index contributed by atoms with van der Waals surface area (Å²) < 4.78 is 4.79. The number of piperazine rings is 1. The lowest BCUT2D eigenvalue weighted by atomic mass is 10.2. The molecule has 0 spiro atoms. The maximum Gasteiger partial charge on any atom is 0.199 e. The number of aromatic nitrogens is 3. The quantitative estimate of drug-likeness (QED) is 0.574. The Morgan fingerprint density at radius 3 is 2.29 bits per heavy atom. The van der Waals surface area contributed by atoms with E-state index in [0.717, 1.165) is 60.6 Å². The third kappa shape index (κ3) is 3.99. The monoisotopic (exact) mass is 413 g/mol. The zero-order valence-electron chi connectivity index (χ0n) is 16.0. The topological polar surface area (TPSA) is 29.2 Å². The third-order valence-corrected chi connectivity index (χ3v) is 5.85. The minimum Gasteiger partial charge on any atom is -0.369 e. The van der Waals surface area contributed by atoms with Gasteiger partial charge in [-0.1, -0.05) is 29.8 Å². The fourth-order valence-electron chi connectivity index (χ4n) is 3.61. The van der Waals surface area contributed by atoms with Crippen molar-refractivity contribution in [1.29, 1.82) is 0 Å². The van der Waals surface area contributed by atoms with Gasteiger partial charge in [0.15, 0.2) is 10.6 Å². The summed E-state index contributed by atoms with van der Waals surface area (Å²) in [5.41, 5.74) is 2.32. The minimum absolute atomic E-state index is 0.717. The highest BCUT2D eigenvalue weighted by Crippen LogP contribution is 2.21. The Labute approximate surface area is 175 Å².